The number of rotatable bonds is 7. The quantitative estimate of drug-likeness (QED) is 0.213. The molecule has 1 aliphatic heterocycles. The van der Waals surface area contributed by atoms with Crippen molar-refractivity contribution in [3.8, 4) is 23.0 Å². The molecule has 6 rings (SSSR count). The highest BCUT2D eigenvalue weighted by Gasteiger charge is 2.35. The van der Waals surface area contributed by atoms with Crippen molar-refractivity contribution in [1.82, 2.24) is 19.5 Å². The number of aryl methyl sites for hydroxylation is 2. The van der Waals surface area contributed by atoms with Crippen LogP contribution in [0, 0.1) is 44.1 Å². The van der Waals surface area contributed by atoms with Crippen LogP contribution in [0.15, 0.2) is 36.4 Å². The number of aromatic amines is 1. The number of H-pyrrole nitrogens is 1. The molecule has 2 unspecified atom stereocenters. The summed E-state index contributed by atoms with van der Waals surface area (Å²) in [6, 6.07) is 12.6. The summed E-state index contributed by atoms with van der Waals surface area (Å²) in [5.41, 5.74) is 7.46. The van der Waals surface area contributed by atoms with Crippen LogP contribution in [-0.2, 0) is 17.6 Å². The second-order valence-electron chi connectivity index (χ2n) is 13.5. The monoisotopic (exact) mass is 623 g/mol. The van der Waals surface area contributed by atoms with E-state index in [0.29, 0.717) is 73.6 Å². The number of fused-ring (bicyclic) bond motifs is 1. The lowest BCUT2D eigenvalue weighted by molar-refractivity contribution is 0.0411. The van der Waals surface area contributed by atoms with Crippen LogP contribution in [0.25, 0.3) is 21.9 Å². The molecule has 2 atom stereocenters. The predicted octanol–water partition coefficient (Wildman–Crippen LogP) is 7.79. The highest BCUT2D eigenvalue weighted by Crippen LogP contribution is 2.45. The van der Waals surface area contributed by atoms with Gasteiger partial charge in [-0.2, -0.15) is 0 Å². The van der Waals surface area contributed by atoms with Crippen molar-refractivity contribution in [2.75, 3.05) is 33.4 Å². The van der Waals surface area contributed by atoms with E-state index < -0.39 is 6.09 Å². The van der Waals surface area contributed by atoms with Crippen LogP contribution in [0.3, 0.4) is 0 Å². The Balaban J connectivity index is 1.43. The minimum atomic E-state index is -0.483. The Morgan fingerprint density at radius 1 is 1.07 bits per heavy atom. The summed E-state index contributed by atoms with van der Waals surface area (Å²) in [5.74, 6) is 3.76. The van der Waals surface area contributed by atoms with E-state index in [1.165, 1.54) is 29.5 Å². The summed E-state index contributed by atoms with van der Waals surface area (Å²) in [6.07, 6.45) is 3.27. The van der Waals surface area contributed by atoms with E-state index in [1.54, 1.807) is 16.5 Å². The third-order valence-electron chi connectivity index (χ3n) is 10.1. The van der Waals surface area contributed by atoms with E-state index in [9.17, 15) is 4.79 Å². The van der Waals surface area contributed by atoms with E-state index in [1.807, 2.05) is 12.1 Å². The number of carbonyl (C=O) groups excluding carboxylic acids is 1. The van der Waals surface area contributed by atoms with Gasteiger partial charge in [0.05, 0.1) is 26.9 Å². The molecule has 3 heterocycles. The zero-order chi connectivity index (χ0) is 32.5. The molecular weight excluding hydrogens is 578 g/mol. The molecule has 1 saturated carbocycles. The van der Waals surface area contributed by atoms with Gasteiger partial charge in [-0.3, -0.25) is 5.10 Å². The van der Waals surface area contributed by atoms with Gasteiger partial charge >= 0.3 is 6.09 Å². The molecule has 1 N–H and O–H groups in total. The highest BCUT2D eigenvalue weighted by atomic mass is 16.6. The first-order valence-corrected chi connectivity index (χ1v) is 16.5. The second-order valence-corrected chi connectivity index (χ2v) is 13.5. The molecule has 9 heteroatoms. The van der Waals surface area contributed by atoms with Gasteiger partial charge in [-0.25, -0.2) is 19.1 Å². The van der Waals surface area contributed by atoms with Crippen molar-refractivity contribution in [2.24, 2.45) is 23.7 Å². The summed E-state index contributed by atoms with van der Waals surface area (Å²) in [5, 5.41) is 3.40. The Morgan fingerprint density at radius 2 is 1.80 bits per heavy atom. The Kier molecular flexibility index (Phi) is 9.10. The lowest BCUT2D eigenvalue weighted by Crippen LogP contribution is -2.42. The molecule has 242 valence electrons. The number of ether oxygens (including phenoxy) is 3. The van der Waals surface area contributed by atoms with E-state index in [2.05, 4.69) is 68.8 Å². The van der Waals surface area contributed by atoms with Gasteiger partial charge in [0.25, 0.3) is 5.69 Å². The fourth-order valence-corrected chi connectivity index (χ4v) is 7.62. The molecule has 1 amide bonds. The van der Waals surface area contributed by atoms with Gasteiger partial charge in [0.15, 0.2) is 5.82 Å². The van der Waals surface area contributed by atoms with E-state index in [-0.39, 0.29) is 5.88 Å². The van der Waals surface area contributed by atoms with Crippen LogP contribution in [0.5, 0.6) is 11.6 Å². The maximum Gasteiger partial charge on any atom is 0.415 e. The number of hydrogen-bond donors (Lipinski definition) is 1. The summed E-state index contributed by atoms with van der Waals surface area (Å²) in [6.45, 7) is 21.2. The third kappa shape index (κ3) is 6.23. The number of aromatic nitrogens is 3. The summed E-state index contributed by atoms with van der Waals surface area (Å²) < 4.78 is 18.9. The van der Waals surface area contributed by atoms with E-state index in [4.69, 9.17) is 25.8 Å². The fraction of sp³-hybridized carbons (Fsp3) is 0.486. The van der Waals surface area contributed by atoms with Crippen LogP contribution in [0.1, 0.15) is 61.4 Å². The van der Waals surface area contributed by atoms with Crippen LogP contribution >= 0.6 is 0 Å². The van der Waals surface area contributed by atoms with Gasteiger partial charge in [-0.1, -0.05) is 44.5 Å². The topological polar surface area (TPSA) is 85.4 Å². The number of methoxy groups -OCH3 is 1. The van der Waals surface area contributed by atoms with Gasteiger partial charge in [0, 0.05) is 30.6 Å². The van der Waals surface area contributed by atoms with Gasteiger partial charge in [-0.15, -0.1) is 0 Å². The normalized spacial score (nSPS) is 21.7. The number of nitrogens with zero attached hydrogens (tertiary/aromatic N) is 4. The second kappa shape index (κ2) is 13.2. The minimum absolute atomic E-state index is 0.198. The number of amides is 1. The molecule has 0 spiro atoms. The molecule has 2 aromatic carbocycles. The van der Waals surface area contributed by atoms with Crippen molar-refractivity contribution >= 4 is 17.4 Å². The molecule has 2 aromatic heterocycles. The number of hydrogen-bond acceptors (Lipinski definition) is 5. The maximum atomic E-state index is 13.3. The lowest BCUT2D eigenvalue weighted by Gasteiger charge is -2.38. The number of morpholine rings is 1. The number of carbonyl (C=O) groups is 1. The predicted molar refractivity (Wildman–Crippen MR) is 179 cm³/mol. The average Bonchev–Trinajstić information content (AvgIpc) is 3.59. The first-order chi connectivity index (χ1) is 22.2. The molecule has 9 nitrogen and oxygen atoms in total. The molecular formula is C37H45N5O4. The largest absolute Gasteiger partial charge is 0.496 e. The Labute approximate surface area is 271 Å². The Morgan fingerprint density at radius 3 is 2.50 bits per heavy atom. The molecule has 46 heavy (non-hydrogen) atoms. The van der Waals surface area contributed by atoms with Crippen LogP contribution < -0.4 is 9.47 Å². The summed E-state index contributed by atoms with van der Waals surface area (Å²) in [7, 11) is 1.69. The Hall–Kier alpha value is -4.29. The standard InChI is InChI=1S/C37H45N5O4/c1-22-8-9-24(3)28(18-22)20-29-19-27(10-11-32(29)44-7)34-39-35-31(21-30-25(4)16-23(2)17-26(30)5)33(38-6)36(42(35)40-34)46-37(43)41-12-14-45-15-13-41/h8-11,18-19,23,25-26,30H,12-17,20-21H2,1-5,7H3,(H,39,40). The van der Waals surface area contributed by atoms with Gasteiger partial charge in [0.1, 0.15) is 11.4 Å². The minimum Gasteiger partial charge on any atom is -0.496 e. The maximum absolute atomic E-state index is 13.3. The Bertz CT molecular complexity index is 1760. The molecule has 2 fully saturated rings. The zero-order valence-corrected chi connectivity index (χ0v) is 27.9. The zero-order valence-electron chi connectivity index (χ0n) is 27.9. The number of nitrogens with one attached hydrogen (secondary N) is 1. The van der Waals surface area contributed by atoms with Crippen LogP contribution in [0.2, 0.25) is 0 Å². The van der Waals surface area contributed by atoms with Gasteiger partial charge in [0.2, 0.25) is 5.88 Å². The van der Waals surface area contributed by atoms with Crippen molar-refractivity contribution in [2.45, 2.75) is 60.3 Å². The van der Waals surface area contributed by atoms with E-state index in [0.717, 1.165) is 28.9 Å². The smallest absolute Gasteiger partial charge is 0.415 e. The van der Waals surface area contributed by atoms with Gasteiger partial charge < -0.3 is 19.1 Å². The third-order valence-corrected chi connectivity index (χ3v) is 10.1. The molecule has 1 aliphatic carbocycles. The molecule has 0 radical (unpaired) electrons. The van der Waals surface area contributed by atoms with Crippen molar-refractivity contribution < 1.29 is 19.0 Å². The lowest BCUT2D eigenvalue weighted by atomic mass is 9.67. The first-order valence-electron chi connectivity index (χ1n) is 16.5. The first kappa shape index (κ1) is 31.7. The van der Waals surface area contributed by atoms with E-state index >= 15 is 0 Å². The van der Waals surface area contributed by atoms with Crippen LogP contribution in [-0.4, -0.2) is 59.0 Å². The van der Waals surface area contributed by atoms with Crippen molar-refractivity contribution in [3.63, 3.8) is 0 Å². The van der Waals surface area contributed by atoms with Crippen LogP contribution in [0.4, 0.5) is 10.5 Å². The highest BCUT2D eigenvalue weighted by molar-refractivity contribution is 5.80. The van der Waals surface area contributed by atoms with Crippen molar-refractivity contribution in [1.29, 1.82) is 0 Å². The van der Waals surface area contributed by atoms with Crippen molar-refractivity contribution in [3.05, 3.63) is 75.6 Å². The molecule has 4 aromatic rings. The summed E-state index contributed by atoms with van der Waals surface area (Å²) in [4.78, 5) is 24.0. The molecule has 1 saturated heterocycles. The SMILES string of the molecule is [C-]#[N+]c1c(CC2C(C)CC(C)CC2C)c2nc(-c3ccc(OC)c(Cc4cc(C)ccc4C)c3)[nH]n2c1OC(=O)N1CCOCC1. The number of benzene rings is 2. The molecule has 2 aliphatic rings. The average molecular weight is 624 g/mol. The summed E-state index contributed by atoms with van der Waals surface area (Å²) >= 11 is 0. The fourth-order valence-electron chi connectivity index (χ4n) is 7.62. The molecule has 0 bridgehead atoms. The van der Waals surface area contributed by atoms with Gasteiger partial charge in [-0.05, 0) is 91.7 Å².